The van der Waals surface area contributed by atoms with Crippen LogP contribution in [0.15, 0.2) is 42.5 Å². The van der Waals surface area contributed by atoms with Gasteiger partial charge in [-0.2, -0.15) is 0 Å². The largest absolute Gasteiger partial charge is 0.480 e. The van der Waals surface area contributed by atoms with Crippen LogP contribution in [0.5, 0.6) is 5.75 Å². The van der Waals surface area contributed by atoms with E-state index in [0.29, 0.717) is 6.42 Å². The molecular weight excluding hydrogens is 298 g/mol. The Morgan fingerprint density at radius 3 is 2.75 bits per heavy atom. The van der Waals surface area contributed by atoms with Crippen molar-refractivity contribution in [1.82, 2.24) is 0 Å². The van der Waals surface area contributed by atoms with Crippen molar-refractivity contribution in [1.29, 1.82) is 0 Å². The van der Waals surface area contributed by atoms with Crippen LogP contribution in [0.3, 0.4) is 0 Å². The number of amides is 1. The first-order valence-corrected chi connectivity index (χ1v) is 8.66. The summed E-state index contributed by atoms with van der Waals surface area (Å²) >= 11 is 0. The Kier molecular flexibility index (Phi) is 4.61. The van der Waals surface area contributed by atoms with Gasteiger partial charge in [0, 0.05) is 11.7 Å². The average Bonchev–Trinajstić information content (AvgIpc) is 2.90. The van der Waals surface area contributed by atoms with Crippen LogP contribution in [-0.2, 0) is 11.2 Å². The molecule has 24 heavy (non-hydrogen) atoms. The first-order chi connectivity index (χ1) is 11.5. The maximum atomic E-state index is 13.2. The maximum Gasteiger partial charge on any atom is 0.268 e. The topological polar surface area (TPSA) is 29.5 Å². The van der Waals surface area contributed by atoms with E-state index in [9.17, 15) is 4.79 Å². The van der Waals surface area contributed by atoms with Crippen molar-refractivity contribution in [3.8, 4) is 5.75 Å². The number of para-hydroxylation sites is 1. The fourth-order valence-electron chi connectivity index (χ4n) is 3.35. The lowest BCUT2D eigenvalue weighted by atomic mass is 10.1. The molecule has 2 aromatic carbocycles. The number of anilines is 1. The highest BCUT2D eigenvalue weighted by molar-refractivity contribution is 5.99. The zero-order chi connectivity index (χ0) is 17.3. The van der Waals surface area contributed by atoms with Gasteiger partial charge in [-0.1, -0.05) is 37.3 Å². The van der Waals surface area contributed by atoms with Gasteiger partial charge in [-0.15, -0.1) is 0 Å². The highest BCUT2D eigenvalue weighted by atomic mass is 16.5. The zero-order valence-corrected chi connectivity index (χ0v) is 14.9. The summed E-state index contributed by atoms with van der Waals surface area (Å²) in [6, 6.07) is 14.4. The Bertz CT molecular complexity index is 753. The summed E-state index contributed by atoms with van der Waals surface area (Å²) in [5.41, 5.74) is 4.46. The molecule has 0 aromatic heterocycles. The van der Waals surface area contributed by atoms with Gasteiger partial charge in [0.1, 0.15) is 5.75 Å². The molecule has 0 aliphatic carbocycles. The lowest BCUT2D eigenvalue weighted by Crippen LogP contribution is -2.44. The normalized spacial score (nSPS) is 17.5. The molecule has 0 saturated heterocycles. The number of fused-ring (bicyclic) bond motifs is 1. The quantitative estimate of drug-likeness (QED) is 0.832. The molecule has 3 rings (SSSR count). The molecule has 3 heteroatoms. The second-order valence-corrected chi connectivity index (χ2v) is 6.67. The Morgan fingerprint density at radius 2 is 2.00 bits per heavy atom. The summed E-state index contributed by atoms with van der Waals surface area (Å²) in [6.07, 6.45) is 1.10. The Morgan fingerprint density at radius 1 is 1.25 bits per heavy atom. The predicted molar refractivity (Wildman–Crippen MR) is 97.7 cm³/mol. The van der Waals surface area contributed by atoms with E-state index in [1.165, 1.54) is 5.56 Å². The number of benzene rings is 2. The van der Waals surface area contributed by atoms with Crippen LogP contribution in [0, 0.1) is 13.8 Å². The van der Waals surface area contributed by atoms with Crippen LogP contribution in [0.1, 0.15) is 37.0 Å². The number of carbonyl (C=O) groups excluding carboxylic acids is 1. The summed E-state index contributed by atoms with van der Waals surface area (Å²) < 4.78 is 6.12. The molecule has 3 nitrogen and oxygen atoms in total. The van der Waals surface area contributed by atoms with E-state index in [2.05, 4.69) is 19.1 Å². The van der Waals surface area contributed by atoms with Gasteiger partial charge in [-0.05, 0) is 62.4 Å². The molecule has 1 amide bonds. The number of aryl methyl sites for hydroxylation is 2. The second-order valence-electron chi connectivity index (χ2n) is 6.67. The van der Waals surface area contributed by atoms with Crippen LogP contribution in [0.2, 0.25) is 0 Å². The van der Waals surface area contributed by atoms with Gasteiger partial charge in [0.05, 0.1) is 0 Å². The molecule has 2 atom stereocenters. The van der Waals surface area contributed by atoms with Crippen LogP contribution in [0.25, 0.3) is 0 Å². The van der Waals surface area contributed by atoms with Gasteiger partial charge in [0.25, 0.3) is 5.91 Å². The fourth-order valence-corrected chi connectivity index (χ4v) is 3.35. The number of ether oxygens (including phenoxy) is 1. The average molecular weight is 323 g/mol. The van der Waals surface area contributed by atoms with Crippen molar-refractivity contribution in [2.45, 2.75) is 52.7 Å². The molecular formula is C21H25NO2. The summed E-state index contributed by atoms with van der Waals surface area (Å²) in [5, 5.41) is 0. The molecule has 0 spiro atoms. The van der Waals surface area contributed by atoms with Gasteiger partial charge in [-0.3, -0.25) is 4.79 Å². The fraction of sp³-hybridized carbons (Fsp3) is 0.381. The number of carbonyl (C=O) groups is 1. The van der Waals surface area contributed by atoms with Gasteiger partial charge in [-0.25, -0.2) is 0 Å². The molecule has 0 unspecified atom stereocenters. The lowest BCUT2D eigenvalue weighted by Gasteiger charge is -2.28. The molecule has 0 radical (unpaired) electrons. The third-order valence-electron chi connectivity index (χ3n) is 4.70. The van der Waals surface area contributed by atoms with Crippen LogP contribution >= 0.6 is 0 Å². The third-order valence-corrected chi connectivity index (χ3v) is 4.70. The summed E-state index contributed by atoms with van der Waals surface area (Å²) in [4.78, 5) is 15.1. The first-order valence-electron chi connectivity index (χ1n) is 8.66. The molecule has 2 aromatic rings. The standard InChI is InChI=1S/C21H25NO2/c1-5-19(24-20-12-14(2)10-11-15(20)3)21(23)22-16(4)13-17-8-6-7-9-18(17)22/h6-12,16,19H,5,13H2,1-4H3/t16-,19-/m1/s1. The molecule has 1 heterocycles. The van der Waals surface area contributed by atoms with E-state index < -0.39 is 6.10 Å². The van der Waals surface area contributed by atoms with E-state index in [1.807, 2.05) is 56.0 Å². The Hall–Kier alpha value is -2.29. The maximum absolute atomic E-state index is 13.2. The molecule has 126 valence electrons. The minimum absolute atomic E-state index is 0.0517. The number of hydrogen-bond donors (Lipinski definition) is 0. The Labute approximate surface area is 144 Å². The minimum atomic E-state index is -0.459. The van der Waals surface area contributed by atoms with Gasteiger partial charge in [0.15, 0.2) is 6.10 Å². The molecule has 1 aliphatic heterocycles. The van der Waals surface area contributed by atoms with E-state index in [4.69, 9.17) is 4.74 Å². The predicted octanol–water partition coefficient (Wildman–Crippen LogP) is 4.44. The van der Waals surface area contributed by atoms with E-state index in [-0.39, 0.29) is 11.9 Å². The number of rotatable bonds is 4. The first kappa shape index (κ1) is 16.6. The van der Waals surface area contributed by atoms with Crippen LogP contribution < -0.4 is 9.64 Å². The van der Waals surface area contributed by atoms with Crippen LogP contribution in [0.4, 0.5) is 5.69 Å². The van der Waals surface area contributed by atoms with Crippen molar-refractivity contribution in [3.05, 3.63) is 59.2 Å². The second kappa shape index (κ2) is 6.68. The molecule has 0 N–H and O–H groups in total. The van der Waals surface area contributed by atoms with Gasteiger partial charge in [0.2, 0.25) is 0 Å². The molecule has 0 saturated carbocycles. The van der Waals surface area contributed by atoms with Crippen molar-refractivity contribution < 1.29 is 9.53 Å². The SMILES string of the molecule is CC[C@@H](Oc1cc(C)ccc1C)C(=O)N1c2ccccc2C[C@H]1C. The third kappa shape index (κ3) is 3.03. The minimum Gasteiger partial charge on any atom is -0.480 e. The van der Waals surface area contributed by atoms with Crippen molar-refractivity contribution in [2.24, 2.45) is 0 Å². The van der Waals surface area contributed by atoms with Gasteiger partial charge >= 0.3 is 0 Å². The Balaban J connectivity index is 1.86. The van der Waals surface area contributed by atoms with Crippen molar-refractivity contribution in [3.63, 3.8) is 0 Å². The highest BCUT2D eigenvalue weighted by Crippen LogP contribution is 2.33. The molecule has 0 bridgehead atoms. The number of nitrogens with zero attached hydrogens (tertiary/aromatic N) is 1. The summed E-state index contributed by atoms with van der Waals surface area (Å²) in [5.74, 6) is 0.853. The molecule has 0 fully saturated rings. The van der Waals surface area contributed by atoms with Crippen molar-refractivity contribution >= 4 is 11.6 Å². The van der Waals surface area contributed by atoms with Gasteiger partial charge < -0.3 is 9.64 Å². The zero-order valence-electron chi connectivity index (χ0n) is 14.9. The summed E-state index contributed by atoms with van der Waals surface area (Å²) in [7, 11) is 0. The number of hydrogen-bond acceptors (Lipinski definition) is 2. The van der Waals surface area contributed by atoms with Crippen molar-refractivity contribution in [2.75, 3.05) is 4.90 Å². The van der Waals surface area contributed by atoms with Crippen LogP contribution in [-0.4, -0.2) is 18.1 Å². The monoisotopic (exact) mass is 323 g/mol. The van der Waals surface area contributed by atoms with E-state index in [1.54, 1.807) is 0 Å². The smallest absolute Gasteiger partial charge is 0.268 e. The lowest BCUT2D eigenvalue weighted by molar-refractivity contribution is -0.125. The van der Waals surface area contributed by atoms with E-state index >= 15 is 0 Å². The highest BCUT2D eigenvalue weighted by Gasteiger charge is 2.35. The van der Waals surface area contributed by atoms with E-state index in [0.717, 1.165) is 29.0 Å². The summed E-state index contributed by atoms with van der Waals surface area (Å²) in [6.45, 7) is 8.15. The molecule has 1 aliphatic rings.